The van der Waals surface area contributed by atoms with Crippen LogP contribution in [0.25, 0.3) is 0 Å². The van der Waals surface area contributed by atoms with E-state index in [4.69, 9.17) is 0 Å². The molecule has 120 valence electrons. The van der Waals surface area contributed by atoms with E-state index in [1.54, 1.807) is 17.9 Å². The van der Waals surface area contributed by atoms with Crippen molar-refractivity contribution in [1.82, 2.24) is 14.9 Å². The van der Waals surface area contributed by atoms with E-state index in [0.717, 1.165) is 18.5 Å². The first-order valence-corrected chi connectivity index (χ1v) is 7.58. The van der Waals surface area contributed by atoms with Gasteiger partial charge in [0.1, 0.15) is 17.8 Å². The molecule has 1 aliphatic rings. The van der Waals surface area contributed by atoms with Gasteiger partial charge in [0, 0.05) is 11.7 Å². The lowest BCUT2D eigenvalue weighted by molar-refractivity contribution is 0.0597. The molecular weight excluding hydrogens is 297 g/mol. The van der Waals surface area contributed by atoms with Crippen molar-refractivity contribution in [1.29, 1.82) is 0 Å². The monoisotopic (exact) mass is 315 g/mol. The Kier molecular flexibility index (Phi) is 4.34. The summed E-state index contributed by atoms with van der Waals surface area (Å²) in [6, 6.07) is 7.44. The largest absolute Gasteiger partial charge is 0.387 e. The van der Waals surface area contributed by atoms with Crippen LogP contribution in [-0.2, 0) is 0 Å². The van der Waals surface area contributed by atoms with E-state index in [2.05, 4.69) is 9.97 Å². The predicted octanol–water partition coefficient (Wildman–Crippen LogP) is 2.26. The fraction of sp³-hybridized carbons (Fsp3) is 0.353. The Balaban J connectivity index is 1.76. The Morgan fingerprint density at radius 3 is 2.65 bits per heavy atom. The number of aryl methyl sites for hydroxylation is 1. The quantitative estimate of drug-likeness (QED) is 0.919. The highest BCUT2D eigenvalue weighted by Crippen LogP contribution is 2.30. The van der Waals surface area contributed by atoms with Gasteiger partial charge in [-0.3, -0.25) is 4.79 Å². The molecule has 2 aromatic rings. The highest BCUT2D eigenvalue weighted by atomic mass is 19.1. The molecule has 0 bridgehead atoms. The van der Waals surface area contributed by atoms with Crippen LogP contribution in [0.4, 0.5) is 4.39 Å². The summed E-state index contributed by atoms with van der Waals surface area (Å²) in [5, 5.41) is 10.4. The van der Waals surface area contributed by atoms with Crippen LogP contribution in [0.1, 0.15) is 40.7 Å². The van der Waals surface area contributed by atoms with E-state index >= 15 is 0 Å². The van der Waals surface area contributed by atoms with Gasteiger partial charge >= 0.3 is 0 Å². The Hall–Kier alpha value is -2.34. The average molecular weight is 315 g/mol. The number of halogens is 1. The van der Waals surface area contributed by atoms with Crippen LogP contribution in [-0.4, -0.2) is 38.5 Å². The van der Waals surface area contributed by atoms with Crippen molar-refractivity contribution in [2.45, 2.75) is 31.9 Å². The standard InChI is InChI=1S/C17H18FN3O2/c1-11-8-15(20-10-19-11)17(23)21(14-6-7-14)9-16(22)12-2-4-13(18)5-3-12/h2-5,8,10,14,16,22H,6-7,9H2,1H3. The van der Waals surface area contributed by atoms with Gasteiger partial charge in [-0.05, 0) is 43.5 Å². The van der Waals surface area contributed by atoms with Crippen molar-refractivity contribution in [2.24, 2.45) is 0 Å². The minimum atomic E-state index is -0.858. The van der Waals surface area contributed by atoms with Crippen molar-refractivity contribution in [3.63, 3.8) is 0 Å². The lowest BCUT2D eigenvalue weighted by Gasteiger charge is -2.25. The molecule has 1 N–H and O–H groups in total. The summed E-state index contributed by atoms with van der Waals surface area (Å²) in [7, 11) is 0. The molecule has 23 heavy (non-hydrogen) atoms. The number of carbonyl (C=O) groups excluding carboxylic acids is 1. The van der Waals surface area contributed by atoms with Gasteiger partial charge in [0.15, 0.2) is 0 Å². The van der Waals surface area contributed by atoms with Gasteiger partial charge in [0.05, 0.1) is 12.6 Å². The molecule has 1 aromatic carbocycles. The first-order valence-electron chi connectivity index (χ1n) is 7.58. The molecule has 1 atom stereocenters. The molecule has 1 aliphatic carbocycles. The van der Waals surface area contributed by atoms with E-state index in [9.17, 15) is 14.3 Å². The lowest BCUT2D eigenvalue weighted by atomic mass is 10.1. The third-order valence-electron chi connectivity index (χ3n) is 3.90. The van der Waals surface area contributed by atoms with Crippen molar-refractivity contribution in [3.05, 3.63) is 59.4 Å². The minimum Gasteiger partial charge on any atom is -0.387 e. The number of carbonyl (C=O) groups is 1. The fourth-order valence-electron chi connectivity index (χ4n) is 2.48. The number of hydrogen-bond donors (Lipinski definition) is 1. The molecule has 0 aliphatic heterocycles. The number of nitrogens with zero attached hydrogens (tertiary/aromatic N) is 3. The van der Waals surface area contributed by atoms with E-state index < -0.39 is 6.10 Å². The molecule has 1 fully saturated rings. The molecule has 0 saturated heterocycles. The Labute approximate surface area is 133 Å². The summed E-state index contributed by atoms with van der Waals surface area (Å²) < 4.78 is 13.0. The maximum Gasteiger partial charge on any atom is 0.272 e. The molecule has 3 rings (SSSR count). The van der Waals surface area contributed by atoms with Crippen LogP contribution in [0, 0.1) is 12.7 Å². The average Bonchev–Trinajstić information content (AvgIpc) is 3.37. The maximum absolute atomic E-state index is 13.0. The molecule has 1 saturated carbocycles. The molecular formula is C17H18FN3O2. The second-order valence-corrected chi connectivity index (χ2v) is 5.80. The van der Waals surface area contributed by atoms with Gasteiger partial charge in [-0.2, -0.15) is 0 Å². The van der Waals surface area contributed by atoms with E-state index in [1.165, 1.54) is 30.6 Å². The van der Waals surface area contributed by atoms with Crippen LogP contribution in [0.15, 0.2) is 36.7 Å². The summed E-state index contributed by atoms with van der Waals surface area (Å²) >= 11 is 0. The van der Waals surface area contributed by atoms with Crippen LogP contribution >= 0.6 is 0 Å². The normalized spacial score (nSPS) is 15.3. The smallest absolute Gasteiger partial charge is 0.272 e. The Bertz CT molecular complexity index is 701. The van der Waals surface area contributed by atoms with E-state index in [0.29, 0.717) is 11.3 Å². The first-order chi connectivity index (χ1) is 11.0. The van der Waals surface area contributed by atoms with Gasteiger partial charge in [0.2, 0.25) is 0 Å². The first kappa shape index (κ1) is 15.6. The lowest BCUT2D eigenvalue weighted by Crippen LogP contribution is -2.37. The third kappa shape index (κ3) is 3.71. The molecule has 1 unspecified atom stereocenters. The fourth-order valence-corrected chi connectivity index (χ4v) is 2.48. The SMILES string of the molecule is Cc1cc(C(=O)N(CC(O)c2ccc(F)cc2)C2CC2)ncn1. The number of aliphatic hydroxyl groups excluding tert-OH is 1. The summed E-state index contributed by atoms with van der Waals surface area (Å²) in [6.07, 6.45) is 2.35. The molecule has 1 aromatic heterocycles. The Morgan fingerprint density at radius 2 is 2.04 bits per heavy atom. The van der Waals surface area contributed by atoms with Crippen LogP contribution < -0.4 is 0 Å². The number of benzene rings is 1. The topological polar surface area (TPSA) is 66.3 Å². The summed E-state index contributed by atoms with van der Waals surface area (Å²) in [5.74, 6) is -0.563. The van der Waals surface area contributed by atoms with Gasteiger partial charge in [-0.1, -0.05) is 12.1 Å². The third-order valence-corrected chi connectivity index (χ3v) is 3.90. The second-order valence-electron chi connectivity index (χ2n) is 5.80. The van der Waals surface area contributed by atoms with Gasteiger partial charge < -0.3 is 10.0 Å². The number of rotatable bonds is 5. The minimum absolute atomic E-state index is 0.132. The van der Waals surface area contributed by atoms with Gasteiger partial charge in [0.25, 0.3) is 5.91 Å². The summed E-state index contributed by atoms with van der Waals surface area (Å²) in [4.78, 5) is 22.3. The molecule has 6 heteroatoms. The zero-order valence-electron chi connectivity index (χ0n) is 12.8. The molecule has 0 spiro atoms. The zero-order valence-corrected chi connectivity index (χ0v) is 12.8. The molecule has 0 radical (unpaired) electrons. The maximum atomic E-state index is 13.0. The number of hydrogen-bond acceptors (Lipinski definition) is 4. The van der Waals surface area contributed by atoms with Crippen LogP contribution in [0.3, 0.4) is 0 Å². The number of amides is 1. The summed E-state index contributed by atoms with van der Waals surface area (Å²) in [6.45, 7) is 1.96. The molecule has 1 amide bonds. The number of aliphatic hydroxyl groups is 1. The van der Waals surface area contributed by atoms with Crippen LogP contribution in [0.5, 0.6) is 0 Å². The van der Waals surface area contributed by atoms with Crippen LogP contribution in [0.2, 0.25) is 0 Å². The second kappa shape index (κ2) is 6.42. The van der Waals surface area contributed by atoms with Crippen molar-refractivity contribution >= 4 is 5.91 Å². The van der Waals surface area contributed by atoms with Gasteiger partial charge in [-0.25, -0.2) is 14.4 Å². The highest BCUT2D eigenvalue weighted by Gasteiger charge is 2.35. The molecule has 5 nitrogen and oxygen atoms in total. The zero-order chi connectivity index (χ0) is 16.4. The van der Waals surface area contributed by atoms with Gasteiger partial charge in [-0.15, -0.1) is 0 Å². The predicted molar refractivity (Wildman–Crippen MR) is 82.2 cm³/mol. The van der Waals surface area contributed by atoms with E-state index in [1.807, 2.05) is 0 Å². The number of aromatic nitrogens is 2. The van der Waals surface area contributed by atoms with Crippen molar-refractivity contribution in [3.8, 4) is 0 Å². The molecule has 1 heterocycles. The summed E-state index contributed by atoms with van der Waals surface area (Å²) in [5.41, 5.74) is 1.64. The van der Waals surface area contributed by atoms with E-state index in [-0.39, 0.29) is 24.3 Å². The van der Waals surface area contributed by atoms with Crippen molar-refractivity contribution < 1.29 is 14.3 Å². The van der Waals surface area contributed by atoms with Crippen molar-refractivity contribution in [2.75, 3.05) is 6.54 Å². The highest BCUT2D eigenvalue weighted by molar-refractivity contribution is 5.92. The Morgan fingerprint density at radius 1 is 1.35 bits per heavy atom.